The van der Waals surface area contributed by atoms with Gasteiger partial charge in [-0.15, -0.1) is 0 Å². The van der Waals surface area contributed by atoms with Gasteiger partial charge in [-0.2, -0.15) is 0 Å². The zero-order valence-electron chi connectivity index (χ0n) is 17.0. The Morgan fingerprint density at radius 3 is 2.68 bits per heavy atom. The van der Waals surface area contributed by atoms with Crippen LogP contribution in [0.2, 0.25) is 0 Å². The zero-order chi connectivity index (χ0) is 20.9. The smallest absolute Gasteiger partial charge is 0.329 e. The normalized spacial score (nSPS) is 17.2. The van der Waals surface area contributed by atoms with Crippen molar-refractivity contribution in [3.05, 3.63) is 28.8 Å². The topological polar surface area (TPSA) is 87.1 Å². The van der Waals surface area contributed by atoms with E-state index in [4.69, 9.17) is 9.84 Å². The number of anilines is 1. The molecule has 1 fully saturated rings. The summed E-state index contributed by atoms with van der Waals surface area (Å²) >= 11 is 0. The van der Waals surface area contributed by atoms with Crippen molar-refractivity contribution in [1.29, 1.82) is 0 Å². The predicted molar refractivity (Wildman–Crippen MR) is 107 cm³/mol. The van der Waals surface area contributed by atoms with E-state index in [1.807, 2.05) is 26.0 Å². The average Bonchev–Trinajstić information content (AvgIpc) is 2.59. The molecule has 0 bridgehead atoms. The number of nitrogens with zero attached hydrogens (tertiary/aromatic N) is 1. The summed E-state index contributed by atoms with van der Waals surface area (Å²) in [7, 11) is 0. The first kappa shape index (κ1) is 21.9. The first-order chi connectivity index (χ1) is 13.1. The first-order valence-electron chi connectivity index (χ1n) is 9.52. The Hall–Kier alpha value is -2.36. The van der Waals surface area contributed by atoms with E-state index < -0.39 is 11.6 Å². The summed E-state index contributed by atoms with van der Waals surface area (Å²) in [5.41, 5.74) is 2.65. The number of aryl methyl sites for hydroxylation is 1. The lowest BCUT2D eigenvalue weighted by molar-refractivity contribution is -0.141. The number of ether oxygens (including phenoxy) is 1. The summed E-state index contributed by atoms with van der Waals surface area (Å²) < 4.78 is 4.92. The maximum Gasteiger partial charge on any atom is 0.329 e. The van der Waals surface area contributed by atoms with Gasteiger partial charge in [-0.1, -0.05) is 11.8 Å². The Kier molecular flexibility index (Phi) is 7.22. The largest absolute Gasteiger partial charge is 0.480 e. The lowest BCUT2D eigenvalue weighted by atomic mass is 9.89. The highest BCUT2D eigenvalue weighted by Crippen LogP contribution is 2.34. The zero-order valence-corrected chi connectivity index (χ0v) is 17.0. The van der Waals surface area contributed by atoms with E-state index in [0.717, 1.165) is 35.2 Å². The number of carboxylic acids is 1. The lowest BCUT2D eigenvalue weighted by Gasteiger charge is -2.36. The molecule has 6 nitrogen and oxygen atoms in total. The van der Waals surface area contributed by atoms with Crippen LogP contribution in [-0.4, -0.2) is 41.3 Å². The highest BCUT2D eigenvalue weighted by molar-refractivity contribution is 5.95. The Balaban J connectivity index is 2.23. The number of carboxylic acid groups (broad SMARTS) is 1. The van der Waals surface area contributed by atoms with Gasteiger partial charge in [0.25, 0.3) is 0 Å². The molecule has 1 saturated heterocycles. The van der Waals surface area contributed by atoms with Crippen LogP contribution in [0.5, 0.6) is 0 Å². The summed E-state index contributed by atoms with van der Waals surface area (Å²) in [5.74, 6) is 4.86. The molecule has 1 aromatic rings. The number of carbonyl (C=O) groups is 2. The Labute approximate surface area is 166 Å². The van der Waals surface area contributed by atoms with E-state index in [0.29, 0.717) is 12.8 Å². The fraction of sp³-hybridized carbons (Fsp3) is 0.545. The second-order valence-electron chi connectivity index (χ2n) is 7.75. The number of carbonyl (C=O) groups excluding carboxylic acids is 1. The number of benzene rings is 1. The minimum Gasteiger partial charge on any atom is -0.480 e. The van der Waals surface area contributed by atoms with Crippen LogP contribution in [0.1, 0.15) is 56.2 Å². The van der Waals surface area contributed by atoms with Gasteiger partial charge in [-0.25, -0.2) is 4.79 Å². The van der Waals surface area contributed by atoms with E-state index in [1.165, 1.54) is 0 Å². The van der Waals surface area contributed by atoms with Gasteiger partial charge >= 0.3 is 5.97 Å². The third-order valence-corrected chi connectivity index (χ3v) is 5.01. The van der Waals surface area contributed by atoms with Crippen LogP contribution in [0.3, 0.4) is 0 Å². The molecule has 1 aliphatic rings. The maximum atomic E-state index is 12.7. The van der Waals surface area contributed by atoms with Crippen LogP contribution in [0.4, 0.5) is 5.69 Å². The molecule has 6 heteroatoms. The third-order valence-electron chi connectivity index (χ3n) is 5.01. The van der Waals surface area contributed by atoms with E-state index in [-0.39, 0.29) is 25.2 Å². The highest BCUT2D eigenvalue weighted by atomic mass is 16.5. The Morgan fingerprint density at radius 2 is 2.04 bits per heavy atom. The van der Waals surface area contributed by atoms with Gasteiger partial charge in [0.15, 0.2) is 0 Å². The van der Waals surface area contributed by atoms with Crippen LogP contribution >= 0.6 is 0 Å². The standard InChI is InChI=1S/C22H29NO5/c1-15-12-18(13-19(16(15)2)22(3,4)27)23-17(9-7-10-20(23)24)8-5-6-11-28-14-21(25)26/h12-13,17,27H,7-11,14H2,1-4H3,(H,25,26). The van der Waals surface area contributed by atoms with Crippen molar-refractivity contribution in [2.75, 3.05) is 18.1 Å². The van der Waals surface area contributed by atoms with E-state index in [9.17, 15) is 14.7 Å². The van der Waals surface area contributed by atoms with Crippen LogP contribution < -0.4 is 4.90 Å². The van der Waals surface area contributed by atoms with Crippen molar-refractivity contribution in [1.82, 2.24) is 0 Å². The summed E-state index contributed by atoms with van der Waals surface area (Å²) in [6.45, 7) is 7.14. The van der Waals surface area contributed by atoms with Crippen molar-refractivity contribution in [2.45, 2.75) is 65.0 Å². The molecular weight excluding hydrogens is 358 g/mol. The van der Waals surface area contributed by atoms with Crippen molar-refractivity contribution in [3.8, 4) is 11.8 Å². The molecule has 0 aliphatic carbocycles. The average molecular weight is 387 g/mol. The summed E-state index contributed by atoms with van der Waals surface area (Å²) in [4.78, 5) is 24.9. The van der Waals surface area contributed by atoms with Crippen molar-refractivity contribution in [3.63, 3.8) is 0 Å². The number of rotatable bonds is 6. The van der Waals surface area contributed by atoms with Gasteiger partial charge in [0.05, 0.1) is 5.60 Å². The molecule has 1 heterocycles. The molecule has 1 aliphatic heterocycles. The van der Waals surface area contributed by atoms with Gasteiger partial charge in [0.1, 0.15) is 13.2 Å². The minimum atomic E-state index is -1.02. The first-order valence-corrected chi connectivity index (χ1v) is 9.52. The van der Waals surface area contributed by atoms with Crippen LogP contribution in [0, 0.1) is 25.7 Å². The van der Waals surface area contributed by atoms with Crippen LogP contribution in [0.25, 0.3) is 0 Å². The fourth-order valence-electron chi connectivity index (χ4n) is 3.54. The monoisotopic (exact) mass is 387 g/mol. The molecule has 0 aromatic heterocycles. The van der Waals surface area contributed by atoms with E-state index >= 15 is 0 Å². The van der Waals surface area contributed by atoms with E-state index in [2.05, 4.69) is 11.8 Å². The molecule has 2 rings (SSSR count). The number of piperidine rings is 1. The summed E-state index contributed by atoms with van der Waals surface area (Å²) in [6, 6.07) is 3.84. The number of amides is 1. The third kappa shape index (κ3) is 5.57. The van der Waals surface area contributed by atoms with Crippen LogP contribution in [0.15, 0.2) is 12.1 Å². The van der Waals surface area contributed by atoms with Gasteiger partial charge in [-0.05, 0) is 69.4 Å². The summed E-state index contributed by atoms with van der Waals surface area (Å²) in [5, 5.41) is 19.1. The van der Waals surface area contributed by atoms with Gasteiger partial charge in [0, 0.05) is 24.6 Å². The lowest BCUT2D eigenvalue weighted by Crippen LogP contribution is -2.44. The Bertz CT molecular complexity index is 798. The van der Waals surface area contributed by atoms with Gasteiger partial charge < -0.3 is 19.8 Å². The molecule has 1 atom stereocenters. The van der Waals surface area contributed by atoms with Crippen molar-refractivity contribution >= 4 is 17.6 Å². The van der Waals surface area contributed by atoms with Crippen LogP contribution in [-0.2, 0) is 19.9 Å². The van der Waals surface area contributed by atoms with Crippen molar-refractivity contribution < 1.29 is 24.5 Å². The molecular formula is C22H29NO5. The predicted octanol–water partition coefficient (Wildman–Crippen LogP) is 2.91. The number of hydrogen-bond donors (Lipinski definition) is 2. The molecule has 0 spiro atoms. The highest BCUT2D eigenvalue weighted by Gasteiger charge is 2.30. The van der Waals surface area contributed by atoms with Gasteiger partial charge in [-0.3, -0.25) is 4.79 Å². The molecule has 0 saturated carbocycles. The molecule has 2 N–H and O–H groups in total. The molecule has 1 amide bonds. The van der Waals surface area contributed by atoms with Crippen molar-refractivity contribution in [2.24, 2.45) is 0 Å². The molecule has 1 unspecified atom stereocenters. The SMILES string of the molecule is Cc1cc(N2C(=O)CCCC2CC#CCOCC(=O)O)cc(C(C)(C)O)c1C. The molecule has 28 heavy (non-hydrogen) atoms. The number of aliphatic hydroxyl groups is 1. The van der Waals surface area contributed by atoms with E-state index in [1.54, 1.807) is 18.7 Å². The quantitative estimate of drug-likeness (QED) is 0.579. The minimum absolute atomic E-state index is 0.0509. The van der Waals surface area contributed by atoms with Gasteiger partial charge in [0.2, 0.25) is 5.91 Å². The summed E-state index contributed by atoms with van der Waals surface area (Å²) in [6.07, 6.45) is 2.66. The molecule has 1 aromatic carbocycles. The number of aliphatic carboxylic acids is 1. The fourth-order valence-corrected chi connectivity index (χ4v) is 3.54. The molecule has 0 radical (unpaired) electrons. The second-order valence-corrected chi connectivity index (χ2v) is 7.75. The maximum absolute atomic E-state index is 12.7. The second kappa shape index (κ2) is 9.22. The number of hydrogen-bond acceptors (Lipinski definition) is 4. The molecule has 152 valence electrons. The Morgan fingerprint density at radius 1 is 1.32 bits per heavy atom.